The van der Waals surface area contributed by atoms with E-state index in [1.165, 1.54) is 4.90 Å². The van der Waals surface area contributed by atoms with Gasteiger partial charge in [0, 0.05) is 37.6 Å². The number of rotatable bonds is 4. The summed E-state index contributed by atoms with van der Waals surface area (Å²) in [4.78, 5) is 31.8. The van der Waals surface area contributed by atoms with Gasteiger partial charge >= 0.3 is 0 Å². The summed E-state index contributed by atoms with van der Waals surface area (Å²) < 4.78 is 6.15. The summed E-state index contributed by atoms with van der Waals surface area (Å²) in [6.07, 6.45) is 3.94. The van der Waals surface area contributed by atoms with Crippen molar-refractivity contribution >= 4 is 22.7 Å². The van der Waals surface area contributed by atoms with E-state index < -0.39 is 0 Å². The number of para-hydroxylation sites is 1. The number of benzene rings is 1. The molecule has 2 saturated heterocycles. The molecule has 1 aromatic heterocycles. The van der Waals surface area contributed by atoms with E-state index in [4.69, 9.17) is 4.74 Å². The van der Waals surface area contributed by atoms with Crippen LogP contribution in [0.5, 0.6) is 5.75 Å². The Morgan fingerprint density at radius 1 is 1.24 bits per heavy atom. The number of carbonyl (C=O) groups excluding carboxylic acids is 2. The van der Waals surface area contributed by atoms with Crippen LogP contribution in [0.15, 0.2) is 36.5 Å². The van der Waals surface area contributed by atoms with Gasteiger partial charge in [0.2, 0.25) is 11.8 Å². The van der Waals surface area contributed by atoms with Crippen molar-refractivity contribution in [3.8, 4) is 5.75 Å². The van der Waals surface area contributed by atoms with Gasteiger partial charge < -0.3 is 4.74 Å². The summed E-state index contributed by atoms with van der Waals surface area (Å²) in [6.45, 7) is 2.35. The molecule has 0 N–H and O–H groups in total. The molecule has 6 nitrogen and oxygen atoms in total. The quantitative estimate of drug-likeness (QED) is 0.850. The van der Waals surface area contributed by atoms with Crippen LogP contribution >= 0.6 is 0 Å². The minimum Gasteiger partial charge on any atom is -0.487 e. The largest absolute Gasteiger partial charge is 0.487 e. The van der Waals surface area contributed by atoms with Crippen LogP contribution in [0, 0.1) is 0 Å². The average molecular weight is 339 g/mol. The Kier molecular flexibility index (Phi) is 4.36. The van der Waals surface area contributed by atoms with Crippen LogP contribution in [0.3, 0.4) is 0 Å². The van der Waals surface area contributed by atoms with Crippen LogP contribution in [0.4, 0.5) is 0 Å². The fraction of sp³-hybridized carbons (Fsp3) is 0.421. The molecule has 1 atom stereocenters. The maximum atomic E-state index is 12.3. The van der Waals surface area contributed by atoms with Crippen LogP contribution in [0.2, 0.25) is 0 Å². The molecule has 2 fully saturated rings. The first-order valence-corrected chi connectivity index (χ1v) is 8.76. The van der Waals surface area contributed by atoms with Crippen molar-refractivity contribution in [2.45, 2.75) is 25.4 Å². The molecule has 0 radical (unpaired) electrons. The normalized spacial score (nSPS) is 21.2. The molecule has 0 aliphatic carbocycles. The lowest BCUT2D eigenvalue weighted by molar-refractivity contribution is -0.142. The highest BCUT2D eigenvalue weighted by Gasteiger charge is 2.31. The van der Waals surface area contributed by atoms with Crippen LogP contribution in [0.1, 0.15) is 19.3 Å². The lowest BCUT2D eigenvalue weighted by Gasteiger charge is -2.20. The molecule has 130 valence electrons. The minimum absolute atomic E-state index is 0.0367. The number of hydrogen-bond donors (Lipinski definition) is 0. The molecular formula is C19H21N3O3. The van der Waals surface area contributed by atoms with Crippen LogP contribution in [-0.2, 0) is 9.59 Å². The maximum Gasteiger partial charge on any atom is 0.243 e. The molecule has 2 aromatic rings. The van der Waals surface area contributed by atoms with Crippen LogP contribution in [0.25, 0.3) is 10.9 Å². The highest BCUT2D eigenvalue weighted by atomic mass is 16.5. The topological polar surface area (TPSA) is 62.7 Å². The molecule has 2 aliphatic heterocycles. The van der Waals surface area contributed by atoms with Gasteiger partial charge in [-0.05, 0) is 25.0 Å². The summed E-state index contributed by atoms with van der Waals surface area (Å²) >= 11 is 0. The number of nitrogens with zero attached hydrogens (tertiary/aromatic N) is 3. The Balaban J connectivity index is 1.37. The summed E-state index contributed by atoms with van der Waals surface area (Å²) in [5.74, 6) is 0.653. The number of imide groups is 1. The zero-order valence-electron chi connectivity index (χ0n) is 14.1. The van der Waals surface area contributed by atoms with E-state index in [0.29, 0.717) is 26.1 Å². The number of pyridine rings is 1. The smallest absolute Gasteiger partial charge is 0.243 e. The van der Waals surface area contributed by atoms with Gasteiger partial charge in [-0.15, -0.1) is 0 Å². The second-order valence-corrected chi connectivity index (χ2v) is 6.64. The van der Waals surface area contributed by atoms with Crippen molar-refractivity contribution in [1.29, 1.82) is 0 Å². The Hall–Kier alpha value is -2.47. The lowest BCUT2D eigenvalue weighted by atomic mass is 10.2. The second-order valence-electron chi connectivity index (χ2n) is 6.64. The van der Waals surface area contributed by atoms with Crippen molar-refractivity contribution in [3.63, 3.8) is 0 Å². The second kappa shape index (κ2) is 6.80. The molecule has 3 heterocycles. The van der Waals surface area contributed by atoms with Gasteiger partial charge in [-0.2, -0.15) is 0 Å². The molecule has 1 unspecified atom stereocenters. The zero-order valence-corrected chi connectivity index (χ0v) is 14.1. The lowest BCUT2D eigenvalue weighted by Crippen LogP contribution is -2.40. The monoisotopic (exact) mass is 339 g/mol. The number of amides is 2. The minimum atomic E-state index is -0.0880. The molecule has 2 aliphatic rings. The fourth-order valence-corrected chi connectivity index (χ4v) is 3.58. The number of likely N-dealkylation sites (tertiary alicyclic amines) is 2. The van der Waals surface area contributed by atoms with Gasteiger partial charge in [-0.3, -0.25) is 24.4 Å². The summed E-state index contributed by atoms with van der Waals surface area (Å²) in [5.41, 5.74) is 0.863. The predicted molar refractivity (Wildman–Crippen MR) is 93.2 cm³/mol. The molecule has 25 heavy (non-hydrogen) atoms. The first-order valence-electron chi connectivity index (χ1n) is 8.76. The van der Waals surface area contributed by atoms with Crippen molar-refractivity contribution in [3.05, 3.63) is 36.5 Å². The molecule has 4 rings (SSSR count). The summed E-state index contributed by atoms with van der Waals surface area (Å²) in [7, 11) is 0. The molecule has 0 saturated carbocycles. The van der Waals surface area contributed by atoms with E-state index in [1.54, 1.807) is 6.20 Å². The van der Waals surface area contributed by atoms with Gasteiger partial charge in [0.15, 0.2) is 0 Å². The average Bonchev–Trinajstić information content (AvgIpc) is 3.24. The third kappa shape index (κ3) is 3.35. The number of hydrogen-bond acceptors (Lipinski definition) is 5. The highest BCUT2D eigenvalue weighted by Crippen LogP contribution is 2.26. The van der Waals surface area contributed by atoms with Crippen molar-refractivity contribution in [2.24, 2.45) is 0 Å². The third-order valence-corrected chi connectivity index (χ3v) is 4.85. The van der Waals surface area contributed by atoms with E-state index in [9.17, 15) is 9.59 Å². The molecule has 0 spiro atoms. The van der Waals surface area contributed by atoms with Crippen molar-refractivity contribution < 1.29 is 14.3 Å². The number of aromatic nitrogens is 1. The molecular weight excluding hydrogens is 318 g/mol. The highest BCUT2D eigenvalue weighted by molar-refractivity contribution is 5.97. The Labute approximate surface area is 146 Å². The molecule has 0 bridgehead atoms. The molecule has 6 heteroatoms. The standard InChI is InChI=1S/C19H21N3O3/c23-17-7-3-10-22(17)18(24)13-21-11-8-15(12-21)25-16-6-1-4-14-5-2-9-20-19(14)16/h1-2,4-6,9,15H,3,7-8,10-13H2. The van der Waals surface area contributed by atoms with E-state index in [-0.39, 0.29) is 17.9 Å². The van der Waals surface area contributed by atoms with Crippen LogP contribution in [-0.4, -0.2) is 58.9 Å². The van der Waals surface area contributed by atoms with E-state index >= 15 is 0 Å². The Morgan fingerprint density at radius 3 is 2.96 bits per heavy atom. The van der Waals surface area contributed by atoms with Gasteiger partial charge in [0.1, 0.15) is 17.4 Å². The maximum absolute atomic E-state index is 12.3. The first kappa shape index (κ1) is 16.0. The number of ether oxygens (including phenoxy) is 1. The molecule has 1 aromatic carbocycles. The third-order valence-electron chi connectivity index (χ3n) is 4.85. The number of carbonyl (C=O) groups is 2. The zero-order chi connectivity index (χ0) is 17.2. The van der Waals surface area contributed by atoms with E-state index in [0.717, 1.165) is 36.0 Å². The van der Waals surface area contributed by atoms with E-state index in [2.05, 4.69) is 9.88 Å². The van der Waals surface area contributed by atoms with Crippen LogP contribution < -0.4 is 4.74 Å². The van der Waals surface area contributed by atoms with Gasteiger partial charge in [0.25, 0.3) is 0 Å². The van der Waals surface area contributed by atoms with Gasteiger partial charge in [-0.25, -0.2) is 0 Å². The number of fused-ring (bicyclic) bond motifs is 1. The SMILES string of the molecule is O=C1CCCN1C(=O)CN1CCC(Oc2cccc3cccnc23)C1. The fourth-order valence-electron chi connectivity index (χ4n) is 3.58. The van der Waals surface area contributed by atoms with Crippen molar-refractivity contribution in [1.82, 2.24) is 14.8 Å². The Morgan fingerprint density at radius 2 is 2.12 bits per heavy atom. The van der Waals surface area contributed by atoms with Gasteiger partial charge in [0.05, 0.1) is 6.54 Å². The van der Waals surface area contributed by atoms with Gasteiger partial charge in [-0.1, -0.05) is 18.2 Å². The summed E-state index contributed by atoms with van der Waals surface area (Å²) in [5, 5.41) is 1.05. The molecule has 2 amide bonds. The summed E-state index contributed by atoms with van der Waals surface area (Å²) in [6, 6.07) is 9.85. The predicted octanol–water partition coefficient (Wildman–Crippen LogP) is 1.84. The Bertz CT molecular complexity index is 802. The van der Waals surface area contributed by atoms with E-state index in [1.807, 2.05) is 30.3 Å². The first-order chi connectivity index (χ1) is 12.2. The van der Waals surface area contributed by atoms with Crippen molar-refractivity contribution in [2.75, 3.05) is 26.2 Å².